The number of anilines is 1. The minimum atomic E-state index is 0.856. The van der Waals surface area contributed by atoms with Gasteiger partial charge in [-0.15, -0.1) is 11.3 Å². The molecule has 15 heavy (non-hydrogen) atoms. The van der Waals surface area contributed by atoms with Crippen LogP contribution in [0.4, 0.5) is 5.69 Å². The summed E-state index contributed by atoms with van der Waals surface area (Å²) in [6.45, 7) is 4.12. The van der Waals surface area contributed by atoms with Crippen LogP contribution in [0.25, 0.3) is 10.4 Å². The molecule has 1 heterocycles. The fourth-order valence-corrected chi connectivity index (χ4v) is 2.93. The van der Waals surface area contributed by atoms with Crippen LogP contribution < -0.4 is 5.73 Å². The van der Waals surface area contributed by atoms with Crippen LogP contribution in [0.2, 0.25) is 0 Å². The number of hydrogen-bond donors (Lipinski definition) is 1. The number of rotatable bonds is 1. The maximum absolute atomic E-state index is 5.90. The van der Waals surface area contributed by atoms with E-state index >= 15 is 0 Å². The number of halogens is 1. The fraction of sp³-hybridized carbons (Fsp3) is 0.167. The van der Waals surface area contributed by atoms with Gasteiger partial charge in [0.05, 0.1) is 3.79 Å². The molecule has 0 radical (unpaired) electrons. The van der Waals surface area contributed by atoms with Crippen molar-refractivity contribution in [3.63, 3.8) is 0 Å². The van der Waals surface area contributed by atoms with E-state index in [1.165, 1.54) is 19.8 Å². The highest BCUT2D eigenvalue weighted by atomic mass is 79.9. The molecule has 0 unspecified atom stereocenters. The lowest BCUT2D eigenvalue weighted by Crippen LogP contribution is -1.88. The molecule has 0 spiro atoms. The predicted molar refractivity (Wildman–Crippen MR) is 71.3 cm³/mol. The molecule has 2 aromatic rings. The minimum absolute atomic E-state index is 0.856. The monoisotopic (exact) mass is 281 g/mol. The van der Waals surface area contributed by atoms with Crippen LogP contribution in [0.3, 0.4) is 0 Å². The van der Waals surface area contributed by atoms with Crippen LogP contribution in [0.15, 0.2) is 28.1 Å². The van der Waals surface area contributed by atoms with Gasteiger partial charge in [-0.05, 0) is 58.6 Å². The van der Waals surface area contributed by atoms with Crippen LogP contribution in [0.5, 0.6) is 0 Å². The third-order valence-electron chi connectivity index (χ3n) is 2.42. The zero-order chi connectivity index (χ0) is 11.0. The SMILES string of the molecule is Cc1ccc(-c2cc(C)c(Br)s2)cc1N. The quantitative estimate of drug-likeness (QED) is 0.772. The van der Waals surface area contributed by atoms with Crippen molar-refractivity contribution in [1.82, 2.24) is 0 Å². The Balaban J connectivity index is 2.49. The fourth-order valence-electron chi connectivity index (χ4n) is 1.40. The van der Waals surface area contributed by atoms with Crippen molar-refractivity contribution in [1.29, 1.82) is 0 Å². The van der Waals surface area contributed by atoms with Crippen molar-refractivity contribution in [2.75, 3.05) is 5.73 Å². The van der Waals surface area contributed by atoms with E-state index in [1.807, 2.05) is 13.0 Å². The maximum atomic E-state index is 5.90. The van der Waals surface area contributed by atoms with Gasteiger partial charge in [-0.3, -0.25) is 0 Å². The van der Waals surface area contributed by atoms with Crippen LogP contribution in [0, 0.1) is 13.8 Å². The summed E-state index contributed by atoms with van der Waals surface area (Å²) >= 11 is 5.28. The molecule has 0 saturated heterocycles. The summed E-state index contributed by atoms with van der Waals surface area (Å²) in [7, 11) is 0. The number of benzene rings is 1. The van der Waals surface area contributed by atoms with Crippen molar-refractivity contribution in [3.05, 3.63) is 39.2 Å². The summed E-state index contributed by atoms with van der Waals surface area (Å²) in [5, 5.41) is 0. The average Bonchev–Trinajstić information content (AvgIpc) is 2.52. The summed E-state index contributed by atoms with van der Waals surface area (Å²) < 4.78 is 1.19. The molecule has 0 aliphatic heterocycles. The van der Waals surface area contributed by atoms with Gasteiger partial charge in [0, 0.05) is 10.6 Å². The Kier molecular flexibility index (Phi) is 2.85. The Morgan fingerprint density at radius 1 is 1.13 bits per heavy atom. The Hall–Kier alpha value is -0.800. The first-order valence-electron chi connectivity index (χ1n) is 4.70. The van der Waals surface area contributed by atoms with Crippen molar-refractivity contribution in [2.24, 2.45) is 0 Å². The molecule has 0 fully saturated rings. The molecular weight excluding hydrogens is 270 g/mol. The largest absolute Gasteiger partial charge is 0.398 e. The second-order valence-corrected chi connectivity index (χ2v) is 6.01. The lowest BCUT2D eigenvalue weighted by Gasteiger charge is -2.02. The van der Waals surface area contributed by atoms with Gasteiger partial charge >= 0.3 is 0 Å². The van der Waals surface area contributed by atoms with Crippen molar-refractivity contribution >= 4 is 33.0 Å². The molecule has 0 bridgehead atoms. The predicted octanol–water partition coefficient (Wildman–Crippen LogP) is 4.38. The molecule has 0 saturated carbocycles. The maximum Gasteiger partial charge on any atom is 0.0734 e. The van der Waals surface area contributed by atoms with Gasteiger partial charge in [0.2, 0.25) is 0 Å². The van der Waals surface area contributed by atoms with Gasteiger partial charge in [-0.1, -0.05) is 12.1 Å². The molecule has 1 aromatic heterocycles. The van der Waals surface area contributed by atoms with Gasteiger partial charge in [0.1, 0.15) is 0 Å². The highest BCUT2D eigenvalue weighted by molar-refractivity contribution is 9.11. The molecule has 2 N–H and O–H groups in total. The molecule has 78 valence electrons. The Bertz CT molecular complexity index is 483. The van der Waals surface area contributed by atoms with E-state index in [0.29, 0.717) is 0 Å². The van der Waals surface area contributed by atoms with Crippen molar-refractivity contribution in [3.8, 4) is 10.4 Å². The Labute approximate surface area is 102 Å². The molecular formula is C12H12BrNS. The van der Waals surface area contributed by atoms with E-state index in [0.717, 1.165) is 11.3 Å². The lowest BCUT2D eigenvalue weighted by atomic mass is 10.1. The van der Waals surface area contributed by atoms with Gasteiger partial charge in [0.15, 0.2) is 0 Å². The first-order chi connectivity index (χ1) is 7.08. The summed E-state index contributed by atoms with van der Waals surface area (Å²) in [4.78, 5) is 1.26. The topological polar surface area (TPSA) is 26.0 Å². The second kappa shape index (κ2) is 3.99. The number of nitrogens with two attached hydrogens (primary N) is 1. The number of aryl methyl sites for hydroxylation is 2. The molecule has 0 aliphatic rings. The first kappa shape index (κ1) is 10.7. The zero-order valence-corrected chi connectivity index (χ0v) is 11.1. The minimum Gasteiger partial charge on any atom is -0.398 e. The van der Waals surface area contributed by atoms with Gasteiger partial charge in [-0.25, -0.2) is 0 Å². The molecule has 1 nitrogen and oxygen atoms in total. The number of thiophene rings is 1. The smallest absolute Gasteiger partial charge is 0.0734 e. The second-order valence-electron chi connectivity index (χ2n) is 3.64. The molecule has 0 atom stereocenters. The standard InChI is InChI=1S/C12H12BrNS/c1-7-3-4-9(6-10(7)14)11-5-8(2)12(13)15-11/h3-6H,14H2,1-2H3. The molecule has 0 amide bonds. The zero-order valence-electron chi connectivity index (χ0n) is 8.67. The molecule has 2 rings (SSSR count). The summed E-state index contributed by atoms with van der Waals surface area (Å²) in [5.74, 6) is 0. The number of nitrogen functional groups attached to an aromatic ring is 1. The Morgan fingerprint density at radius 2 is 1.87 bits per heavy atom. The van der Waals surface area contributed by atoms with E-state index in [1.54, 1.807) is 11.3 Å². The summed E-state index contributed by atoms with van der Waals surface area (Å²) in [6, 6.07) is 8.39. The highest BCUT2D eigenvalue weighted by Gasteiger charge is 2.06. The van der Waals surface area contributed by atoms with E-state index in [4.69, 9.17) is 5.73 Å². The van der Waals surface area contributed by atoms with Crippen LogP contribution in [-0.2, 0) is 0 Å². The molecule has 1 aromatic carbocycles. The van der Waals surface area contributed by atoms with E-state index in [2.05, 4.69) is 41.1 Å². The third-order valence-corrected chi connectivity index (χ3v) is 4.61. The van der Waals surface area contributed by atoms with Gasteiger partial charge < -0.3 is 5.73 Å². The molecule has 3 heteroatoms. The van der Waals surface area contributed by atoms with Crippen molar-refractivity contribution in [2.45, 2.75) is 13.8 Å². The summed E-state index contributed by atoms with van der Waals surface area (Å²) in [6.07, 6.45) is 0. The lowest BCUT2D eigenvalue weighted by molar-refractivity contribution is 1.47. The van der Waals surface area contributed by atoms with Crippen LogP contribution >= 0.6 is 27.3 Å². The highest BCUT2D eigenvalue weighted by Crippen LogP contribution is 2.35. The van der Waals surface area contributed by atoms with E-state index in [-0.39, 0.29) is 0 Å². The normalized spacial score (nSPS) is 10.6. The summed E-state index contributed by atoms with van der Waals surface area (Å²) in [5.41, 5.74) is 10.3. The molecule has 0 aliphatic carbocycles. The first-order valence-corrected chi connectivity index (χ1v) is 6.31. The van der Waals surface area contributed by atoms with Crippen LogP contribution in [-0.4, -0.2) is 0 Å². The average molecular weight is 282 g/mol. The van der Waals surface area contributed by atoms with Gasteiger partial charge in [-0.2, -0.15) is 0 Å². The van der Waals surface area contributed by atoms with Crippen molar-refractivity contribution < 1.29 is 0 Å². The van der Waals surface area contributed by atoms with E-state index in [9.17, 15) is 0 Å². The number of hydrogen-bond acceptors (Lipinski definition) is 2. The third kappa shape index (κ3) is 2.08. The Morgan fingerprint density at radius 3 is 2.40 bits per heavy atom. The van der Waals surface area contributed by atoms with Crippen LogP contribution in [0.1, 0.15) is 11.1 Å². The van der Waals surface area contributed by atoms with E-state index < -0.39 is 0 Å². The van der Waals surface area contributed by atoms with Gasteiger partial charge in [0.25, 0.3) is 0 Å².